The number of nitrogens with zero attached hydrogens (tertiary/aromatic N) is 4. The first kappa shape index (κ1) is 14.6. The molecule has 112 valence electrons. The Morgan fingerprint density at radius 1 is 1.45 bits per heavy atom. The highest BCUT2D eigenvalue weighted by Crippen LogP contribution is 2.22. The van der Waals surface area contributed by atoms with E-state index >= 15 is 0 Å². The smallest absolute Gasteiger partial charge is 0.410 e. The van der Waals surface area contributed by atoms with Crippen LogP contribution >= 0.6 is 0 Å². The summed E-state index contributed by atoms with van der Waals surface area (Å²) in [5.41, 5.74) is -0.449. The Morgan fingerprint density at radius 3 is 2.60 bits per heavy atom. The van der Waals surface area contributed by atoms with E-state index in [4.69, 9.17) is 9.26 Å². The molecule has 0 aromatic carbocycles. The largest absolute Gasteiger partial charge is 0.444 e. The summed E-state index contributed by atoms with van der Waals surface area (Å²) in [6.45, 7) is 6.94. The Labute approximate surface area is 118 Å². The molecule has 0 N–H and O–H groups in total. The van der Waals surface area contributed by atoms with Crippen molar-refractivity contribution in [3.05, 3.63) is 5.89 Å². The van der Waals surface area contributed by atoms with Crippen molar-refractivity contribution in [2.75, 3.05) is 32.1 Å². The molecule has 2 rings (SSSR count). The summed E-state index contributed by atoms with van der Waals surface area (Å²) in [6.07, 6.45) is 0.438. The summed E-state index contributed by atoms with van der Waals surface area (Å²) in [5.74, 6) is 1.55. The van der Waals surface area contributed by atoms with Gasteiger partial charge in [0.05, 0.1) is 0 Å². The van der Waals surface area contributed by atoms with E-state index in [1.165, 1.54) is 0 Å². The van der Waals surface area contributed by atoms with E-state index in [1.807, 2.05) is 34.9 Å². The van der Waals surface area contributed by atoms with Gasteiger partial charge in [0.1, 0.15) is 5.60 Å². The van der Waals surface area contributed by atoms with E-state index in [0.717, 1.165) is 0 Å². The first-order valence-corrected chi connectivity index (χ1v) is 6.72. The fraction of sp³-hybridized carbons (Fsp3) is 0.769. The Balaban J connectivity index is 1.77. The zero-order valence-corrected chi connectivity index (χ0v) is 12.7. The maximum atomic E-state index is 11.8. The third-order valence-corrected chi connectivity index (χ3v) is 2.93. The number of rotatable bonds is 3. The van der Waals surface area contributed by atoms with E-state index in [9.17, 15) is 4.79 Å². The summed E-state index contributed by atoms with van der Waals surface area (Å²) in [6, 6.07) is 0. The summed E-state index contributed by atoms with van der Waals surface area (Å²) < 4.78 is 10.5. The van der Waals surface area contributed by atoms with Crippen LogP contribution in [0.5, 0.6) is 0 Å². The van der Waals surface area contributed by atoms with Gasteiger partial charge in [0.25, 0.3) is 5.95 Å². The number of hydrogen-bond donors (Lipinski definition) is 0. The lowest BCUT2D eigenvalue weighted by Gasteiger charge is -2.39. The molecule has 1 saturated heterocycles. The topological polar surface area (TPSA) is 71.7 Å². The van der Waals surface area contributed by atoms with Crippen LogP contribution in [-0.4, -0.2) is 53.9 Å². The van der Waals surface area contributed by atoms with Gasteiger partial charge in [-0.3, -0.25) is 0 Å². The molecule has 0 radical (unpaired) electrons. The summed E-state index contributed by atoms with van der Waals surface area (Å²) in [4.78, 5) is 19.5. The molecule has 1 aliphatic heterocycles. The van der Waals surface area contributed by atoms with Crippen LogP contribution in [0.15, 0.2) is 4.52 Å². The quantitative estimate of drug-likeness (QED) is 0.837. The molecule has 0 saturated carbocycles. The van der Waals surface area contributed by atoms with Gasteiger partial charge in [-0.25, -0.2) is 4.79 Å². The predicted molar refractivity (Wildman–Crippen MR) is 73.6 cm³/mol. The van der Waals surface area contributed by atoms with E-state index in [1.54, 1.807) is 9.80 Å². The van der Waals surface area contributed by atoms with Gasteiger partial charge >= 0.3 is 6.09 Å². The van der Waals surface area contributed by atoms with Crippen molar-refractivity contribution in [3.8, 4) is 0 Å². The maximum Gasteiger partial charge on any atom is 0.410 e. The highest BCUT2D eigenvalue weighted by Gasteiger charge is 2.34. The van der Waals surface area contributed by atoms with Crippen LogP contribution < -0.4 is 4.90 Å². The minimum absolute atomic E-state index is 0.256. The van der Waals surface area contributed by atoms with Crippen molar-refractivity contribution < 1.29 is 14.1 Å². The van der Waals surface area contributed by atoms with Crippen molar-refractivity contribution in [2.45, 2.75) is 32.8 Å². The Hall–Kier alpha value is -1.79. The van der Waals surface area contributed by atoms with Crippen molar-refractivity contribution in [1.29, 1.82) is 0 Å². The zero-order chi connectivity index (χ0) is 14.9. The normalized spacial score (nSPS) is 15.9. The molecule has 1 fully saturated rings. The van der Waals surface area contributed by atoms with Crippen LogP contribution in [0.3, 0.4) is 0 Å². The molecule has 0 bridgehead atoms. The summed E-state index contributed by atoms with van der Waals surface area (Å²) >= 11 is 0. The molecule has 0 unspecified atom stereocenters. The van der Waals surface area contributed by atoms with Crippen LogP contribution in [0.4, 0.5) is 10.7 Å². The standard InChI is InChI=1S/C13H22N4O3/c1-13(2,3)19-12(18)17-7-9(8-17)6-10-14-11(15-20-10)16(4)5/h9H,6-8H2,1-5H3. The fourth-order valence-corrected chi connectivity index (χ4v) is 1.93. The van der Waals surface area contributed by atoms with Gasteiger partial charge in [0.15, 0.2) is 0 Å². The van der Waals surface area contributed by atoms with Gasteiger partial charge in [-0.1, -0.05) is 0 Å². The third-order valence-electron chi connectivity index (χ3n) is 2.93. The highest BCUT2D eigenvalue weighted by molar-refractivity contribution is 5.69. The second-order valence-corrected chi connectivity index (χ2v) is 6.34. The summed E-state index contributed by atoms with van der Waals surface area (Å²) in [5, 5.41) is 3.86. The Kier molecular flexibility index (Phi) is 3.87. The first-order valence-electron chi connectivity index (χ1n) is 6.72. The molecule has 2 heterocycles. The monoisotopic (exact) mass is 282 g/mol. The van der Waals surface area contributed by atoms with Crippen LogP contribution in [0.1, 0.15) is 26.7 Å². The molecule has 0 spiro atoms. The lowest BCUT2D eigenvalue weighted by molar-refractivity contribution is -0.00186. The highest BCUT2D eigenvalue weighted by atomic mass is 16.6. The second-order valence-electron chi connectivity index (χ2n) is 6.34. The molecule has 0 atom stereocenters. The average molecular weight is 282 g/mol. The van der Waals surface area contributed by atoms with Crippen LogP contribution in [0.2, 0.25) is 0 Å². The van der Waals surface area contributed by atoms with Gasteiger partial charge in [0.2, 0.25) is 5.89 Å². The van der Waals surface area contributed by atoms with Gasteiger partial charge < -0.3 is 19.1 Å². The SMILES string of the molecule is CN(C)c1noc(CC2CN(C(=O)OC(C)(C)C)C2)n1. The minimum atomic E-state index is -0.449. The molecular formula is C13H22N4O3. The van der Waals surface area contributed by atoms with Gasteiger partial charge in [0, 0.05) is 39.5 Å². The van der Waals surface area contributed by atoms with Crippen molar-refractivity contribution in [3.63, 3.8) is 0 Å². The van der Waals surface area contributed by atoms with E-state index in [2.05, 4.69) is 10.1 Å². The lowest BCUT2D eigenvalue weighted by atomic mass is 9.97. The second kappa shape index (κ2) is 5.30. The molecular weight excluding hydrogens is 260 g/mol. The molecule has 1 aliphatic rings. The van der Waals surface area contributed by atoms with Crippen molar-refractivity contribution in [1.82, 2.24) is 15.0 Å². The Morgan fingerprint density at radius 2 is 2.10 bits per heavy atom. The molecule has 1 aromatic heterocycles. The number of carbonyl (C=O) groups is 1. The van der Waals surface area contributed by atoms with E-state index < -0.39 is 5.60 Å². The van der Waals surface area contributed by atoms with Crippen LogP contribution in [0, 0.1) is 5.92 Å². The van der Waals surface area contributed by atoms with Crippen molar-refractivity contribution in [2.24, 2.45) is 5.92 Å². The molecule has 7 heteroatoms. The van der Waals surface area contributed by atoms with Gasteiger partial charge in [-0.2, -0.15) is 4.98 Å². The minimum Gasteiger partial charge on any atom is -0.444 e. The molecule has 7 nitrogen and oxygen atoms in total. The Bertz CT molecular complexity index is 472. The summed E-state index contributed by atoms with van der Waals surface area (Å²) in [7, 11) is 3.73. The van der Waals surface area contributed by atoms with E-state index in [0.29, 0.717) is 37.3 Å². The average Bonchev–Trinajstić information content (AvgIpc) is 2.68. The van der Waals surface area contributed by atoms with Crippen LogP contribution in [-0.2, 0) is 11.2 Å². The molecule has 1 aromatic rings. The van der Waals surface area contributed by atoms with Gasteiger partial charge in [-0.05, 0) is 25.9 Å². The van der Waals surface area contributed by atoms with Gasteiger partial charge in [-0.15, -0.1) is 0 Å². The predicted octanol–water partition coefficient (Wildman–Crippen LogP) is 1.54. The number of likely N-dealkylation sites (tertiary alicyclic amines) is 1. The number of ether oxygens (including phenoxy) is 1. The number of hydrogen-bond acceptors (Lipinski definition) is 6. The van der Waals surface area contributed by atoms with Crippen LogP contribution in [0.25, 0.3) is 0 Å². The number of carbonyl (C=O) groups excluding carboxylic acids is 1. The number of amides is 1. The molecule has 20 heavy (non-hydrogen) atoms. The first-order chi connectivity index (χ1) is 9.24. The fourth-order valence-electron chi connectivity index (χ4n) is 1.93. The van der Waals surface area contributed by atoms with E-state index in [-0.39, 0.29) is 6.09 Å². The number of aromatic nitrogens is 2. The zero-order valence-electron chi connectivity index (χ0n) is 12.7. The maximum absolute atomic E-state index is 11.8. The number of anilines is 1. The third kappa shape index (κ3) is 3.61. The lowest BCUT2D eigenvalue weighted by Crippen LogP contribution is -2.52. The molecule has 0 aliphatic carbocycles. The molecule has 1 amide bonds. The van der Waals surface area contributed by atoms with Crippen molar-refractivity contribution >= 4 is 12.0 Å².